The molecular weight excluding hydrogens is 460 g/mol. The van der Waals surface area contributed by atoms with Crippen molar-refractivity contribution in [2.75, 3.05) is 23.9 Å². The van der Waals surface area contributed by atoms with Crippen molar-refractivity contribution < 1.29 is 14.6 Å². The van der Waals surface area contributed by atoms with E-state index in [0.717, 1.165) is 18.4 Å². The van der Waals surface area contributed by atoms with E-state index in [9.17, 15) is 14.7 Å². The number of rotatable bonds is 8. The van der Waals surface area contributed by atoms with Crippen LogP contribution in [-0.2, 0) is 0 Å². The highest BCUT2D eigenvalue weighted by atomic mass is 35.5. The highest BCUT2D eigenvalue weighted by molar-refractivity contribution is 6.29. The Hall–Kier alpha value is -3.66. The first-order valence-electron chi connectivity index (χ1n) is 10.8. The van der Waals surface area contributed by atoms with E-state index in [0.29, 0.717) is 22.9 Å². The maximum atomic E-state index is 13.5. The number of hydrogen-bond acceptors (Lipinski definition) is 7. The molecule has 0 spiro atoms. The molecule has 0 unspecified atom stereocenters. The molecule has 178 valence electrons. The molecule has 1 fully saturated rings. The van der Waals surface area contributed by atoms with Crippen molar-refractivity contribution in [3.8, 4) is 5.88 Å². The zero-order valence-corrected chi connectivity index (χ0v) is 19.8. The Morgan fingerprint density at radius 1 is 1.38 bits per heavy atom. The van der Waals surface area contributed by atoms with Gasteiger partial charge in [0, 0.05) is 18.0 Å². The molecule has 3 aromatic heterocycles. The number of ether oxygens (including phenoxy) is 1. The maximum absolute atomic E-state index is 13.5. The molecule has 0 aliphatic heterocycles. The van der Waals surface area contributed by atoms with Gasteiger partial charge in [0.05, 0.1) is 43.0 Å². The van der Waals surface area contributed by atoms with E-state index in [1.54, 1.807) is 32.4 Å². The number of anilines is 3. The Morgan fingerprint density at radius 3 is 2.76 bits per heavy atom. The molecular formula is C23H25ClN6O4. The molecule has 1 saturated carbocycles. The zero-order valence-electron chi connectivity index (χ0n) is 19.0. The molecule has 1 amide bonds. The summed E-state index contributed by atoms with van der Waals surface area (Å²) in [6, 6.07) is 4.74. The second kappa shape index (κ2) is 9.68. The minimum absolute atomic E-state index is 0.0378. The van der Waals surface area contributed by atoms with Crippen molar-refractivity contribution >= 4 is 34.9 Å². The number of aryl methyl sites for hydroxylation is 2. The van der Waals surface area contributed by atoms with E-state index in [4.69, 9.17) is 16.3 Å². The van der Waals surface area contributed by atoms with Crippen LogP contribution in [0.25, 0.3) is 0 Å². The minimum Gasteiger partial charge on any atom is -0.481 e. The SMILES string of the molecule is COc1nc(C)c(Nc2nc(Cl)cn([C@H](CN(C(=O)O)c3cccnc3)C3CC3)c2=O)cc1C. The fourth-order valence-corrected chi connectivity index (χ4v) is 4.08. The molecule has 0 aromatic carbocycles. The normalized spacial score (nSPS) is 13.9. The molecule has 1 aliphatic carbocycles. The van der Waals surface area contributed by atoms with Gasteiger partial charge in [-0.05, 0) is 50.8 Å². The molecule has 34 heavy (non-hydrogen) atoms. The van der Waals surface area contributed by atoms with Crippen LogP contribution in [0.5, 0.6) is 5.88 Å². The summed E-state index contributed by atoms with van der Waals surface area (Å²) >= 11 is 6.31. The summed E-state index contributed by atoms with van der Waals surface area (Å²) < 4.78 is 6.74. The largest absolute Gasteiger partial charge is 0.481 e. The lowest BCUT2D eigenvalue weighted by molar-refractivity contribution is 0.200. The highest BCUT2D eigenvalue weighted by Crippen LogP contribution is 2.40. The number of carbonyl (C=O) groups is 1. The molecule has 4 rings (SSSR count). The van der Waals surface area contributed by atoms with Crippen molar-refractivity contribution in [3.05, 3.63) is 63.6 Å². The van der Waals surface area contributed by atoms with Crippen LogP contribution in [0.4, 0.5) is 22.0 Å². The van der Waals surface area contributed by atoms with Crippen molar-refractivity contribution in [2.45, 2.75) is 32.7 Å². The van der Waals surface area contributed by atoms with Gasteiger partial charge in [0.25, 0.3) is 5.56 Å². The number of amides is 1. The first-order chi connectivity index (χ1) is 16.3. The fraction of sp³-hybridized carbons (Fsp3) is 0.348. The van der Waals surface area contributed by atoms with Crippen molar-refractivity contribution in [2.24, 2.45) is 5.92 Å². The fourth-order valence-electron chi connectivity index (χ4n) is 3.89. The minimum atomic E-state index is -1.12. The monoisotopic (exact) mass is 484 g/mol. The molecule has 3 aromatic rings. The summed E-state index contributed by atoms with van der Waals surface area (Å²) in [5.41, 5.74) is 2.06. The average Bonchev–Trinajstić information content (AvgIpc) is 3.64. The number of pyridine rings is 2. The second-order valence-electron chi connectivity index (χ2n) is 8.21. The number of hydrogen-bond donors (Lipinski definition) is 2. The third-order valence-corrected chi connectivity index (χ3v) is 5.97. The van der Waals surface area contributed by atoms with Gasteiger partial charge in [-0.25, -0.2) is 14.8 Å². The van der Waals surface area contributed by atoms with Gasteiger partial charge < -0.3 is 19.7 Å². The van der Waals surface area contributed by atoms with Gasteiger partial charge >= 0.3 is 6.09 Å². The van der Waals surface area contributed by atoms with Crippen molar-refractivity contribution in [3.63, 3.8) is 0 Å². The summed E-state index contributed by atoms with van der Waals surface area (Å²) in [6.07, 6.45) is 5.17. The van der Waals surface area contributed by atoms with Gasteiger partial charge in [0.2, 0.25) is 5.88 Å². The first kappa shape index (κ1) is 23.5. The van der Waals surface area contributed by atoms with Crippen LogP contribution in [0.3, 0.4) is 0 Å². The summed E-state index contributed by atoms with van der Waals surface area (Å²) in [4.78, 5) is 39.3. The summed E-state index contributed by atoms with van der Waals surface area (Å²) in [6.45, 7) is 3.72. The van der Waals surface area contributed by atoms with Crippen molar-refractivity contribution in [1.82, 2.24) is 19.5 Å². The third-order valence-electron chi connectivity index (χ3n) is 5.79. The second-order valence-corrected chi connectivity index (χ2v) is 8.59. The van der Waals surface area contributed by atoms with Crippen LogP contribution in [0.15, 0.2) is 41.6 Å². The zero-order chi connectivity index (χ0) is 24.4. The van der Waals surface area contributed by atoms with Crippen LogP contribution in [0, 0.1) is 19.8 Å². The Balaban J connectivity index is 1.70. The lowest BCUT2D eigenvalue weighted by Gasteiger charge is -2.27. The predicted molar refractivity (Wildman–Crippen MR) is 128 cm³/mol. The van der Waals surface area contributed by atoms with Crippen LogP contribution in [-0.4, -0.2) is 44.4 Å². The maximum Gasteiger partial charge on any atom is 0.411 e. The van der Waals surface area contributed by atoms with Gasteiger partial charge in [-0.1, -0.05) is 11.6 Å². The van der Waals surface area contributed by atoms with Gasteiger partial charge in [0.1, 0.15) is 5.15 Å². The van der Waals surface area contributed by atoms with Crippen LogP contribution in [0.1, 0.15) is 30.1 Å². The van der Waals surface area contributed by atoms with Gasteiger partial charge in [-0.15, -0.1) is 0 Å². The smallest absolute Gasteiger partial charge is 0.411 e. The standard InChI is InChI=1S/C23H25ClN6O4/c1-13-9-17(14(2)26-21(13)34-3)27-20-22(31)30(12-19(24)28-20)18(15-6-7-15)11-29(23(32)33)16-5-4-8-25-10-16/h4-5,8-10,12,15,18H,6-7,11H2,1-3H3,(H,27,28)(H,32,33)/t18-/m1/s1. The Morgan fingerprint density at radius 2 is 2.15 bits per heavy atom. The predicted octanol–water partition coefficient (Wildman–Crippen LogP) is 4.19. The lowest BCUT2D eigenvalue weighted by atomic mass is 10.1. The van der Waals surface area contributed by atoms with Gasteiger partial charge in [-0.2, -0.15) is 0 Å². The Labute approximate surface area is 201 Å². The number of methoxy groups -OCH3 is 1. The first-order valence-corrected chi connectivity index (χ1v) is 11.1. The number of carboxylic acid groups (broad SMARTS) is 1. The van der Waals surface area contributed by atoms with Crippen LogP contribution < -0.4 is 20.5 Å². The van der Waals surface area contributed by atoms with E-state index in [2.05, 4.69) is 20.3 Å². The van der Waals surface area contributed by atoms with E-state index < -0.39 is 17.7 Å². The van der Waals surface area contributed by atoms with Crippen LogP contribution in [0.2, 0.25) is 5.15 Å². The summed E-state index contributed by atoms with van der Waals surface area (Å²) in [5.74, 6) is 0.683. The van der Waals surface area contributed by atoms with E-state index in [1.807, 2.05) is 13.0 Å². The molecule has 1 atom stereocenters. The molecule has 2 N–H and O–H groups in total. The van der Waals surface area contributed by atoms with E-state index in [1.165, 1.54) is 21.9 Å². The number of nitrogens with one attached hydrogen (secondary N) is 1. The van der Waals surface area contributed by atoms with E-state index >= 15 is 0 Å². The van der Waals surface area contributed by atoms with Crippen LogP contribution >= 0.6 is 11.6 Å². The molecule has 0 bridgehead atoms. The molecule has 0 radical (unpaired) electrons. The number of halogens is 1. The number of aromatic nitrogens is 4. The van der Waals surface area contributed by atoms with Gasteiger partial charge in [0.15, 0.2) is 5.82 Å². The molecule has 11 heteroatoms. The molecule has 3 heterocycles. The lowest BCUT2D eigenvalue weighted by Crippen LogP contribution is -2.39. The molecule has 1 aliphatic rings. The summed E-state index contributed by atoms with van der Waals surface area (Å²) in [5, 5.41) is 13.0. The number of nitrogens with zero attached hydrogens (tertiary/aromatic N) is 5. The third kappa shape index (κ3) is 4.96. The Kier molecular flexibility index (Phi) is 6.69. The molecule has 10 nitrogen and oxygen atoms in total. The van der Waals surface area contributed by atoms with E-state index in [-0.39, 0.29) is 23.4 Å². The Bertz CT molecular complexity index is 1260. The highest BCUT2D eigenvalue weighted by Gasteiger charge is 2.36. The quantitative estimate of drug-likeness (QED) is 0.488. The van der Waals surface area contributed by atoms with Gasteiger partial charge in [-0.3, -0.25) is 14.7 Å². The summed E-state index contributed by atoms with van der Waals surface area (Å²) in [7, 11) is 1.54. The average molecular weight is 485 g/mol. The molecule has 0 saturated heterocycles. The topological polar surface area (TPSA) is 122 Å². The van der Waals surface area contributed by atoms with Crippen molar-refractivity contribution in [1.29, 1.82) is 0 Å².